The van der Waals surface area contributed by atoms with Gasteiger partial charge in [-0.25, -0.2) is 14.8 Å². The highest BCUT2D eigenvalue weighted by atomic mass is 16.5. The third-order valence-corrected chi connectivity index (χ3v) is 5.22. The van der Waals surface area contributed by atoms with Crippen LogP contribution in [0.1, 0.15) is 32.0 Å². The van der Waals surface area contributed by atoms with Gasteiger partial charge in [-0.1, -0.05) is 6.07 Å². The number of rotatable bonds is 9. The van der Waals surface area contributed by atoms with Crippen molar-refractivity contribution in [1.29, 1.82) is 5.26 Å². The summed E-state index contributed by atoms with van der Waals surface area (Å²) in [6, 6.07) is 6.64. The van der Waals surface area contributed by atoms with Crippen LogP contribution in [0.15, 0.2) is 30.6 Å². The number of ether oxygens (including phenoxy) is 2. The van der Waals surface area contributed by atoms with Crippen molar-refractivity contribution >= 4 is 23.4 Å². The number of nitriles is 1. The van der Waals surface area contributed by atoms with Crippen molar-refractivity contribution < 1.29 is 19.1 Å². The number of aromatic nitrogens is 2. The van der Waals surface area contributed by atoms with E-state index in [4.69, 9.17) is 14.7 Å². The smallest absolute Gasteiger partial charge is 0.324 e. The maximum atomic E-state index is 12.5. The number of anilines is 2. The van der Waals surface area contributed by atoms with Crippen molar-refractivity contribution in [3.8, 4) is 11.8 Å². The lowest BCUT2D eigenvalue weighted by Gasteiger charge is -2.29. The van der Waals surface area contributed by atoms with E-state index in [1.807, 2.05) is 43.9 Å². The van der Waals surface area contributed by atoms with E-state index in [2.05, 4.69) is 25.9 Å². The fourth-order valence-electron chi connectivity index (χ4n) is 3.48. The molecule has 1 atom stereocenters. The number of nitrogens with one attached hydrogen (secondary N) is 3. The summed E-state index contributed by atoms with van der Waals surface area (Å²) in [5.41, 5.74) is 1.67. The molecule has 3 rings (SSSR count). The summed E-state index contributed by atoms with van der Waals surface area (Å²) in [4.78, 5) is 34.7. The van der Waals surface area contributed by atoms with E-state index in [1.54, 1.807) is 6.07 Å². The Morgan fingerprint density at radius 3 is 2.60 bits per heavy atom. The van der Waals surface area contributed by atoms with E-state index >= 15 is 0 Å². The van der Waals surface area contributed by atoms with Gasteiger partial charge in [-0.3, -0.25) is 10.1 Å². The summed E-state index contributed by atoms with van der Waals surface area (Å²) in [6.45, 7) is 8.71. The molecule has 35 heavy (non-hydrogen) atoms. The molecule has 1 aromatic carbocycles. The van der Waals surface area contributed by atoms with E-state index < -0.39 is 6.03 Å². The zero-order valence-corrected chi connectivity index (χ0v) is 20.2. The number of hydrogen-bond donors (Lipinski definition) is 3. The van der Waals surface area contributed by atoms with Gasteiger partial charge in [0.05, 0.1) is 43.4 Å². The van der Waals surface area contributed by atoms with E-state index in [1.165, 1.54) is 12.4 Å². The molecule has 0 aliphatic carbocycles. The van der Waals surface area contributed by atoms with Gasteiger partial charge in [0.15, 0.2) is 11.5 Å². The van der Waals surface area contributed by atoms with E-state index in [-0.39, 0.29) is 29.6 Å². The van der Waals surface area contributed by atoms with Gasteiger partial charge in [-0.2, -0.15) is 5.26 Å². The molecule has 1 aliphatic heterocycles. The summed E-state index contributed by atoms with van der Waals surface area (Å²) in [7, 11) is 0. The minimum atomic E-state index is -0.512. The maximum Gasteiger partial charge on any atom is 0.324 e. The Bertz CT molecular complexity index is 1050. The van der Waals surface area contributed by atoms with Gasteiger partial charge in [0, 0.05) is 13.1 Å². The van der Waals surface area contributed by atoms with Gasteiger partial charge >= 0.3 is 6.03 Å². The third-order valence-electron chi connectivity index (χ3n) is 5.22. The van der Waals surface area contributed by atoms with Crippen LogP contribution in [0.2, 0.25) is 0 Å². The Morgan fingerprint density at radius 2 is 1.94 bits per heavy atom. The molecule has 2 aromatic rings. The second-order valence-electron chi connectivity index (χ2n) is 8.34. The average molecular weight is 482 g/mol. The summed E-state index contributed by atoms with van der Waals surface area (Å²) in [5, 5.41) is 17.4. The predicted molar refractivity (Wildman–Crippen MR) is 130 cm³/mol. The predicted octanol–water partition coefficient (Wildman–Crippen LogP) is 2.16. The lowest BCUT2D eigenvalue weighted by Crippen LogP contribution is -2.49. The van der Waals surface area contributed by atoms with Crippen LogP contribution < -0.4 is 20.7 Å². The molecule has 0 unspecified atom stereocenters. The average Bonchev–Trinajstić information content (AvgIpc) is 2.85. The Labute approximate surface area is 204 Å². The van der Waals surface area contributed by atoms with Crippen LogP contribution in [0.5, 0.6) is 5.75 Å². The normalized spacial score (nSPS) is 14.2. The number of morpholine rings is 1. The summed E-state index contributed by atoms with van der Waals surface area (Å²) in [6.07, 6.45) is 3.18. The minimum Gasteiger partial charge on any atom is -0.489 e. The lowest BCUT2D eigenvalue weighted by atomic mass is 10.1. The standard InChI is InChI=1S/C24H31N7O4/c1-16(2)35-21-12-18(6-7-26-17(3)23(32)31-8-10-34-11-9-31)4-5-20(21)29-24(33)30-22-15-27-19(13-25)14-28-22/h4-5,12,14-17,26H,6-11H2,1-3H3,(H2,28,29,30,33)/t17-/m0/s1. The Hall–Kier alpha value is -3.75. The highest BCUT2D eigenvalue weighted by Gasteiger charge is 2.22. The second-order valence-corrected chi connectivity index (χ2v) is 8.34. The fraction of sp³-hybridized carbons (Fsp3) is 0.458. The van der Waals surface area contributed by atoms with Gasteiger partial charge in [0.25, 0.3) is 0 Å². The number of urea groups is 1. The van der Waals surface area contributed by atoms with Crippen LogP contribution in [0.4, 0.5) is 16.3 Å². The third kappa shape index (κ3) is 7.91. The molecular formula is C24H31N7O4. The quantitative estimate of drug-likeness (QED) is 0.495. The topological polar surface area (TPSA) is 142 Å². The fourth-order valence-corrected chi connectivity index (χ4v) is 3.48. The number of carbonyl (C=O) groups is 2. The Kier molecular flexibility index (Phi) is 9.34. The largest absolute Gasteiger partial charge is 0.489 e. The molecule has 11 heteroatoms. The molecule has 0 spiro atoms. The first-order chi connectivity index (χ1) is 16.9. The number of carbonyl (C=O) groups excluding carboxylic acids is 2. The molecular weight excluding hydrogens is 450 g/mol. The molecule has 0 bridgehead atoms. The maximum absolute atomic E-state index is 12.5. The van der Waals surface area contributed by atoms with Crippen LogP contribution in [-0.2, 0) is 16.0 Å². The van der Waals surface area contributed by atoms with Crippen molar-refractivity contribution in [2.45, 2.75) is 39.3 Å². The van der Waals surface area contributed by atoms with Crippen LogP contribution in [-0.4, -0.2) is 71.8 Å². The SMILES string of the molecule is CC(C)Oc1cc(CCN[C@@H](C)C(=O)N2CCOCC2)ccc1NC(=O)Nc1cnc(C#N)cn1. The van der Waals surface area contributed by atoms with E-state index in [9.17, 15) is 9.59 Å². The van der Waals surface area contributed by atoms with Crippen molar-refractivity contribution in [1.82, 2.24) is 20.2 Å². The Balaban J connectivity index is 1.57. The monoisotopic (exact) mass is 481 g/mol. The molecule has 2 heterocycles. The van der Waals surface area contributed by atoms with Crippen LogP contribution in [0.25, 0.3) is 0 Å². The second kappa shape index (κ2) is 12.6. The first-order valence-electron chi connectivity index (χ1n) is 11.6. The van der Waals surface area contributed by atoms with Gasteiger partial charge in [0.1, 0.15) is 11.8 Å². The molecule has 1 aromatic heterocycles. The highest BCUT2D eigenvalue weighted by Crippen LogP contribution is 2.27. The zero-order chi connectivity index (χ0) is 25.2. The van der Waals surface area contributed by atoms with Gasteiger partial charge < -0.3 is 25.0 Å². The van der Waals surface area contributed by atoms with E-state index in [0.29, 0.717) is 50.7 Å². The highest BCUT2D eigenvalue weighted by molar-refractivity contribution is 6.00. The molecule has 3 N–H and O–H groups in total. The lowest BCUT2D eigenvalue weighted by molar-refractivity contribution is -0.137. The van der Waals surface area contributed by atoms with Gasteiger partial charge in [-0.15, -0.1) is 0 Å². The minimum absolute atomic E-state index is 0.0784. The van der Waals surface area contributed by atoms with Gasteiger partial charge in [-0.05, 0) is 51.4 Å². The summed E-state index contributed by atoms with van der Waals surface area (Å²) in [5.74, 6) is 0.835. The van der Waals surface area contributed by atoms with Crippen molar-refractivity contribution in [3.63, 3.8) is 0 Å². The Morgan fingerprint density at radius 1 is 1.17 bits per heavy atom. The summed E-state index contributed by atoms with van der Waals surface area (Å²) >= 11 is 0. The molecule has 186 valence electrons. The van der Waals surface area contributed by atoms with Gasteiger partial charge in [0.2, 0.25) is 5.91 Å². The molecule has 3 amide bonds. The molecule has 0 saturated carbocycles. The first kappa shape index (κ1) is 25.9. The molecule has 0 radical (unpaired) electrons. The molecule has 1 saturated heterocycles. The number of amides is 3. The number of benzene rings is 1. The van der Waals surface area contributed by atoms with Crippen LogP contribution >= 0.6 is 0 Å². The molecule has 1 aliphatic rings. The molecule has 11 nitrogen and oxygen atoms in total. The van der Waals surface area contributed by atoms with E-state index in [0.717, 1.165) is 5.56 Å². The van der Waals surface area contributed by atoms with Crippen molar-refractivity contribution in [2.75, 3.05) is 43.5 Å². The van der Waals surface area contributed by atoms with Crippen molar-refractivity contribution in [3.05, 3.63) is 41.9 Å². The zero-order valence-electron chi connectivity index (χ0n) is 20.2. The number of nitrogens with zero attached hydrogens (tertiary/aromatic N) is 4. The van der Waals surface area contributed by atoms with Crippen LogP contribution in [0.3, 0.4) is 0 Å². The first-order valence-corrected chi connectivity index (χ1v) is 11.6. The van der Waals surface area contributed by atoms with Crippen LogP contribution in [0, 0.1) is 11.3 Å². The van der Waals surface area contributed by atoms with Crippen molar-refractivity contribution in [2.24, 2.45) is 0 Å². The molecule has 1 fully saturated rings. The number of hydrogen-bond acceptors (Lipinski definition) is 8. The summed E-state index contributed by atoms with van der Waals surface area (Å²) < 4.78 is 11.2.